The van der Waals surface area contributed by atoms with Crippen molar-refractivity contribution in [3.05, 3.63) is 0 Å². The Morgan fingerprint density at radius 3 is 2.47 bits per heavy atom. The summed E-state index contributed by atoms with van der Waals surface area (Å²) in [5, 5.41) is 0. The second-order valence-electron chi connectivity index (χ2n) is 6.52. The van der Waals surface area contributed by atoms with Gasteiger partial charge in [0.1, 0.15) is 0 Å². The van der Waals surface area contributed by atoms with Gasteiger partial charge in [-0.1, -0.05) is 6.92 Å². The first-order valence-electron chi connectivity index (χ1n) is 7.82. The summed E-state index contributed by atoms with van der Waals surface area (Å²) < 4.78 is 0. The minimum absolute atomic E-state index is 0.316. The molecule has 2 aliphatic rings. The zero-order valence-electron chi connectivity index (χ0n) is 12.5. The molecule has 0 bridgehead atoms. The predicted molar refractivity (Wildman–Crippen MR) is 77.8 cm³/mol. The molecule has 2 fully saturated rings. The third-order valence-electron chi connectivity index (χ3n) is 4.92. The van der Waals surface area contributed by atoms with Crippen LogP contribution in [-0.2, 0) is 4.79 Å². The molecule has 2 atom stereocenters. The number of likely N-dealkylation sites (tertiary alicyclic amines) is 2. The number of amides is 1. The van der Waals surface area contributed by atoms with Crippen molar-refractivity contribution in [1.82, 2.24) is 9.80 Å². The fourth-order valence-electron chi connectivity index (χ4n) is 3.21. The van der Waals surface area contributed by atoms with Gasteiger partial charge >= 0.3 is 0 Å². The summed E-state index contributed by atoms with van der Waals surface area (Å²) in [7, 11) is 0. The van der Waals surface area contributed by atoms with Crippen molar-refractivity contribution in [1.29, 1.82) is 0 Å². The zero-order chi connectivity index (χ0) is 13.8. The van der Waals surface area contributed by atoms with Crippen molar-refractivity contribution >= 4 is 5.91 Å². The molecule has 2 aliphatic heterocycles. The lowest BCUT2D eigenvalue weighted by molar-refractivity contribution is -0.134. The maximum Gasteiger partial charge on any atom is 0.236 e. The number of piperidine rings is 2. The lowest BCUT2D eigenvalue weighted by atomic mass is 9.93. The van der Waals surface area contributed by atoms with Crippen LogP contribution < -0.4 is 5.73 Å². The maximum absolute atomic E-state index is 12.4. The fraction of sp³-hybridized carbons (Fsp3) is 0.933. The van der Waals surface area contributed by atoms with Gasteiger partial charge in [-0.05, 0) is 51.0 Å². The molecule has 0 aromatic rings. The molecule has 0 aliphatic carbocycles. The number of hydrogen-bond acceptors (Lipinski definition) is 3. The van der Waals surface area contributed by atoms with Gasteiger partial charge in [0.15, 0.2) is 0 Å². The molecule has 0 spiro atoms. The van der Waals surface area contributed by atoms with E-state index < -0.39 is 0 Å². The molecule has 2 saturated heterocycles. The van der Waals surface area contributed by atoms with Gasteiger partial charge in [-0.25, -0.2) is 0 Å². The quantitative estimate of drug-likeness (QED) is 0.838. The van der Waals surface area contributed by atoms with Crippen molar-refractivity contribution < 1.29 is 4.79 Å². The van der Waals surface area contributed by atoms with Crippen LogP contribution in [0.3, 0.4) is 0 Å². The Hall–Kier alpha value is -0.610. The highest BCUT2D eigenvalue weighted by atomic mass is 16.2. The third-order valence-corrected chi connectivity index (χ3v) is 4.92. The molecule has 2 rings (SSSR count). The topological polar surface area (TPSA) is 49.6 Å². The highest BCUT2D eigenvalue weighted by molar-refractivity contribution is 5.78. The van der Waals surface area contributed by atoms with Crippen molar-refractivity contribution in [3.63, 3.8) is 0 Å². The summed E-state index contributed by atoms with van der Waals surface area (Å²) in [4.78, 5) is 16.8. The summed E-state index contributed by atoms with van der Waals surface area (Å²) in [6.45, 7) is 8.74. The van der Waals surface area contributed by atoms with E-state index in [0.29, 0.717) is 24.4 Å². The molecule has 4 nitrogen and oxygen atoms in total. The molecule has 0 saturated carbocycles. The van der Waals surface area contributed by atoms with Crippen LogP contribution in [0.2, 0.25) is 0 Å². The number of rotatable bonds is 3. The number of carbonyl (C=O) groups is 1. The van der Waals surface area contributed by atoms with Gasteiger partial charge < -0.3 is 10.6 Å². The van der Waals surface area contributed by atoms with E-state index in [9.17, 15) is 4.79 Å². The lowest BCUT2D eigenvalue weighted by Crippen LogP contribution is -2.50. The number of hydrogen-bond donors (Lipinski definition) is 1. The van der Waals surface area contributed by atoms with Crippen molar-refractivity contribution in [3.8, 4) is 0 Å². The summed E-state index contributed by atoms with van der Waals surface area (Å²) in [5.74, 6) is 1.67. The molecule has 2 unspecified atom stereocenters. The minimum atomic E-state index is 0.316. The van der Waals surface area contributed by atoms with Gasteiger partial charge in [0.2, 0.25) is 5.91 Å². The van der Waals surface area contributed by atoms with E-state index in [1.807, 2.05) is 0 Å². The highest BCUT2D eigenvalue weighted by Crippen LogP contribution is 2.22. The Kier molecular flexibility index (Phi) is 5.22. The van der Waals surface area contributed by atoms with Gasteiger partial charge in [0.05, 0.1) is 6.54 Å². The molecule has 2 heterocycles. The van der Waals surface area contributed by atoms with E-state index >= 15 is 0 Å². The Morgan fingerprint density at radius 1 is 1.16 bits per heavy atom. The average Bonchev–Trinajstić information content (AvgIpc) is 2.42. The fourth-order valence-corrected chi connectivity index (χ4v) is 3.21. The van der Waals surface area contributed by atoms with E-state index in [1.54, 1.807) is 0 Å². The van der Waals surface area contributed by atoms with E-state index in [2.05, 4.69) is 23.6 Å². The summed E-state index contributed by atoms with van der Waals surface area (Å²) in [6, 6.07) is 0.524. The molecule has 110 valence electrons. The molecule has 4 heteroatoms. The molecule has 0 radical (unpaired) electrons. The third kappa shape index (κ3) is 3.93. The molecule has 1 amide bonds. The van der Waals surface area contributed by atoms with Gasteiger partial charge in [-0.2, -0.15) is 0 Å². The molecule has 2 N–H and O–H groups in total. The highest BCUT2D eigenvalue weighted by Gasteiger charge is 2.28. The van der Waals surface area contributed by atoms with Gasteiger partial charge in [-0.3, -0.25) is 9.69 Å². The number of nitrogens with two attached hydrogens (primary N) is 1. The normalized spacial score (nSPS) is 30.6. The van der Waals surface area contributed by atoms with Crippen LogP contribution >= 0.6 is 0 Å². The van der Waals surface area contributed by atoms with Crippen LogP contribution in [0.1, 0.15) is 39.5 Å². The first-order chi connectivity index (χ1) is 9.10. The Balaban J connectivity index is 1.83. The summed E-state index contributed by atoms with van der Waals surface area (Å²) in [6.07, 6.45) is 4.70. The van der Waals surface area contributed by atoms with Gasteiger partial charge in [0, 0.05) is 25.7 Å². The second kappa shape index (κ2) is 6.71. The van der Waals surface area contributed by atoms with Crippen LogP contribution in [0.15, 0.2) is 0 Å². The molecule has 0 aromatic carbocycles. The molecular weight excluding hydrogens is 238 g/mol. The largest absolute Gasteiger partial charge is 0.342 e. The standard InChI is InChI=1S/C15H29N3O/c1-12-5-7-17(8-6-12)15(19)11-18-10-14(9-16)4-3-13(18)2/h12-14H,3-11,16H2,1-2H3. The average molecular weight is 267 g/mol. The molecule has 19 heavy (non-hydrogen) atoms. The summed E-state index contributed by atoms with van der Waals surface area (Å²) >= 11 is 0. The van der Waals surface area contributed by atoms with Crippen LogP contribution in [0.5, 0.6) is 0 Å². The minimum Gasteiger partial charge on any atom is -0.342 e. The summed E-state index contributed by atoms with van der Waals surface area (Å²) in [5.41, 5.74) is 5.78. The van der Waals surface area contributed by atoms with E-state index in [-0.39, 0.29) is 0 Å². The van der Waals surface area contributed by atoms with Crippen LogP contribution in [0.25, 0.3) is 0 Å². The van der Waals surface area contributed by atoms with E-state index in [1.165, 1.54) is 12.8 Å². The van der Waals surface area contributed by atoms with Crippen LogP contribution in [0, 0.1) is 11.8 Å². The first-order valence-corrected chi connectivity index (χ1v) is 7.82. The van der Waals surface area contributed by atoms with Crippen molar-refractivity contribution in [2.45, 2.75) is 45.6 Å². The Morgan fingerprint density at radius 2 is 1.84 bits per heavy atom. The van der Waals surface area contributed by atoms with Gasteiger partial charge in [-0.15, -0.1) is 0 Å². The monoisotopic (exact) mass is 267 g/mol. The van der Waals surface area contributed by atoms with Crippen LogP contribution in [-0.4, -0.2) is 54.5 Å². The van der Waals surface area contributed by atoms with Crippen molar-refractivity contribution in [2.75, 3.05) is 32.7 Å². The SMILES string of the molecule is CC1CCN(C(=O)CN2CC(CN)CCC2C)CC1. The second-order valence-corrected chi connectivity index (χ2v) is 6.52. The number of carbonyl (C=O) groups excluding carboxylic acids is 1. The lowest BCUT2D eigenvalue weighted by Gasteiger charge is -2.39. The maximum atomic E-state index is 12.4. The zero-order valence-corrected chi connectivity index (χ0v) is 12.5. The number of nitrogens with zero attached hydrogens (tertiary/aromatic N) is 2. The predicted octanol–water partition coefficient (Wildman–Crippen LogP) is 1.30. The van der Waals surface area contributed by atoms with E-state index in [0.717, 1.165) is 44.9 Å². The molecular formula is C15H29N3O. The smallest absolute Gasteiger partial charge is 0.236 e. The van der Waals surface area contributed by atoms with Gasteiger partial charge in [0.25, 0.3) is 0 Å². The Bertz CT molecular complexity index is 300. The first kappa shape index (κ1) is 14.8. The van der Waals surface area contributed by atoms with Crippen LogP contribution in [0.4, 0.5) is 0 Å². The Labute approximate surface area is 117 Å². The van der Waals surface area contributed by atoms with E-state index in [4.69, 9.17) is 5.73 Å². The van der Waals surface area contributed by atoms with Crippen molar-refractivity contribution in [2.24, 2.45) is 17.6 Å². The molecule has 0 aromatic heterocycles.